The number of hydrogen-bond donors (Lipinski definition) is 2. The van der Waals surface area contributed by atoms with Crippen LogP contribution in [0.15, 0.2) is 66.2 Å². The van der Waals surface area contributed by atoms with Gasteiger partial charge in [0.1, 0.15) is 5.75 Å². The highest BCUT2D eigenvalue weighted by Crippen LogP contribution is 2.38. The van der Waals surface area contributed by atoms with Crippen molar-refractivity contribution in [2.45, 2.75) is 57.3 Å². The lowest BCUT2D eigenvalue weighted by Crippen LogP contribution is -2.60. The number of hydrogen-bond acceptors (Lipinski definition) is 6. The molecule has 3 heterocycles. The van der Waals surface area contributed by atoms with Gasteiger partial charge >= 0.3 is 0 Å². The molecule has 3 aliphatic heterocycles. The van der Waals surface area contributed by atoms with Gasteiger partial charge in [0.2, 0.25) is 0 Å². The Kier molecular flexibility index (Phi) is 9.19. The molecule has 2 saturated heterocycles. The van der Waals surface area contributed by atoms with E-state index in [1.54, 1.807) is 19.2 Å². The van der Waals surface area contributed by atoms with E-state index in [2.05, 4.69) is 57.7 Å². The van der Waals surface area contributed by atoms with E-state index >= 15 is 0 Å². The molecule has 2 N–H and O–H groups in total. The van der Waals surface area contributed by atoms with Crippen LogP contribution in [0, 0.1) is 12.8 Å². The summed E-state index contributed by atoms with van der Waals surface area (Å²) in [7, 11) is 1.70. The maximum atomic E-state index is 14.6. The molecule has 0 unspecified atom stereocenters. The van der Waals surface area contributed by atoms with Gasteiger partial charge in [0.05, 0.1) is 29.8 Å². The van der Waals surface area contributed by atoms with E-state index in [0.29, 0.717) is 40.9 Å². The van der Waals surface area contributed by atoms with Crippen LogP contribution in [-0.2, 0) is 11.3 Å². The smallest absolute Gasteiger partial charge is 0.252 e. The molecule has 0 radical (unpaired) electrons. The van der Waals surface area contributed by atoms with Crippen molar-refractivity contribution in [3.8, 4) is 11.5 Å². The van der Waals surface area contributed by atoms with Crippen LogP contribution >= 0.6 is 23.2 Å². The van der Waals surface area contributed by atoms with E-state index < -0.39 is 0 Å². The quantitative estimate of drug-likeness (QED) is 0.259. The van der Waals surface area contributed by atoms with E-state index in [4.69, 9.17) is 32.7 Å². The van der Waals surface area contributed by atoms with Crippen LogP contribution in [0.2, 0.25) is 10.0 Å². The minimum absolute atomic E-state index is 0.00621. The Morgan fingerprint density at radius 3 is 2.50 bits per heavy atom. The second kappa shape index (κ2) is 13.5. The minimum Gasteiger partial charge on any atom is -0.496 e. The SMILES string of the molecule is COc1cccc(CN(C(=O)C2=C(c3ccc(N4CC[C@@H](COc5c(Cl)cccc5Cl)C4)cc3)C[C@H]3CNC[C@@H]2N3)C2CC2)c1C. The fraction of sp³-hybridized carbons (Fsp3) is 0.432. The number of rotatable bonds is 10. The molecule has 7 rings (SSSR count). The zero-order valence-electron chi connectivity index (χ0n) is 26.5. The van der Waals surface area contributed by atoms with Gasteiger partial charge in [-0.05, 0) is 85.2 Å². The molecule has 3 fully saturated rings. The number of methoxy groups -OCH3 is 1. The van der Waals surface area contributed by atoms with Gasteiger partial charge in [-0.25, -0.2) is 0 Å². The number of carbonyl (C=O) groups excluding carboxylic acids is 1. The van der Waals surface area contributed by atoms with E-state index in [1.165, 1.54) is 11.3 Å². The Labute approximate surface area is 281 Å². The topological polar surface area (TPSA) is 66.1 Å². The van der Waals surface area contributed by atoms with Gasteiger partial charge in [0, 0.05) is 62.0 Å². The maximum Gasteiger partial charge on any atom is 0.252 e. The molecule has 3 aromatic rings. The van der Waals surface area contributed by atoms with Crippen molar-refractivity contribution in [2.75, 3.05) is 44.8 Å². The van der Waals surface area contributed by atoms with E-state index in [1.807, 2.05) is 18.2 Å². The van der Waals surface area contributed by atoms with Crippen LogP contribution in [0.25, 0.3) is 5.57 Å². The number of anilines is 1. The standard InChI is InChI=1S/C37H42Cl2N4O3/c1-23-26(5-3-8-34(23)45-2)21-43(29-13-14-29)37(44)35-30(17-27-18-40-19-33(35)41-27)25-9-11-28(12-10-25)42-16-15-24(20-42)22-46-36-31(38)6-4-7-32(36)39/h3-12,24,27,29,33,40-41H,13-22H2,1-2H3/t24-,27+,33+/m1/s1. The van der Waals surface area contributed by atoms with Crippen LogP contribution in [0.1, 0.15) is 42.4 Å². The maximum absolute atomic E-state index is 14.6. The molecule has 242 valence electrons. The predicted octanol–water partition coefficient (Wildman–Crippen LogP) is 6.49. The van der Waals surface area contributed by atoms with E-state index in [-0.39, 0.29) is 18.0 Å². The molecule has 1 saturated carbocycles. The van der Waals surface area contributed by atoms with E-state index in [0.717, 1.165) is 79.9 Å². The van der Waals surface area contributed by atoms with Gasteiger partial charge < -0.3 is 29.9 Å². The van der Waals surface area contributed by atoms with Crippen LogP contribution < -0.4 is 25.0 Å². The first-order chi connectivity index (χ1) is 22.4. The Hall–Kier alpha value is -3.23. The lowest BCUT2D eigenvalue weighted by atomic mass is 9.83. The summed E-state index contributed by atoms with van der Waals surface area (Å²) in [5, 5.41) is 8.40. The number of nitrogens with zero attached hydrogens (tertiary/aromatic N) is 2. The van der Waals surface area contributed by atoms with Gasteiger partial charge in [-0.2, -0.15) is 0 Å². The van der Waals surface area contributed by atoms with Crippen molar-refractivity contribution in [3.05, 3.63) is 93.0 Å². The molecule has 3 aromatic carbocycles. The lowest BCUT2D eigenvalue weighted by Gasteiger charge is -2.41. The number of amides is 1. The average molecular weight is 662 g/mol. The monoisotopic (exact) mass is 660 g/mol. The number of piperazine rings is 1. The van der Waals surface area contributed by atoms with E-state index in [9.17, 15) is 4.79 Å². The molecule has 0 spiro atoms. The predicted molar refractivity (Wildman–Crippen MR) is 185 cm³/mol. The Balaban J connectivity index is 1.10. The normalized spacial score (nSPS) is 22.6. The Morgan fingerprint density at radius 1 is 1.00 bits per heavy atom. The first-order valence-electron chi connectivity index (χ1n) is 16.4. The molecule has 0 aromatic heterocycles. The van der Waals surface area contributed by atoms with Gasteiger partial charge in [-0.1, -0.05) is 53.5 Å². The summed E-state index contributed by atoms with van der Waals surface area (Å²) in [6.45, 7) is 6.79. The number of ether oxygens (including phenoxy) is 2. The lowest BCUT2D eigenvalue weighted by molar-refractivity contribution is -0.128. The second-order valence-corrected chi connectivity index (χ2v) is 13.9. The van der Waals surface area contributed by atoms with Crippen LogP contribution in [0.5, 0.6) is 11.5 Å². The second-order valence-electron chi connectivity index (χ2n) is 13.1. The molecule has 4 aliphatic rings. The van der Waals surface area contributed by atoms with Gasteiger partial charge in [-0.3, -0.25) is 4.79 Å². The third kappa shape index (κ3) is 6.48. The summed E-state index contributed by atoms with van der Waals surface area (Å²) in [4.78, 5) is 19.1. The molecule has 1 amide bonds. The first-order valence-corrected chi connectivity index (χ1v) is 17.2. The highest BCUT2D eigenvalue weighted by Gasteiger charge is 2.41. The summed E-state index contributed by atoms with van der Waals surface area (Å²) in [6, 6.07) is 21.0. The fourth-order valence-electron chi connectivity index (χ4n) is 7.28. The number of carbonyl (C=O) groups is 1. The Bertz CT molecular complexity index is 1600. The molecule has 9 heteroatoms. The van der Waals surface area contributed by atoms with Crippen molar-refractivity contribution in [1.82, 2.24) is 15.5 Å². The zero-order chi connectivity index (χ0) is 31.8. The molecular formula is C37H42Cl2N4O3. The molecule has 7 nitrogen and oxygen atoms in total. The van der Waals surface area contributed by atoms with Crippen molar-refractivity contribution in [2.24, 2.45) is 5.92 Å². The largest absolute Gasteiger partial charge is 0.496 e. The molecule has 3 atom stereocenters. The Morgan fingerprint density at radius 2 is 1.76 bits per heavy atom. The highest BCUT2D eigenvalue weighted by molar-refractivity contribution is 6.37. The van der Waals surface area contributed by atoms with Crippen molar-refractivity contribution in [1.29, 1.82) is 0 Å². The third-order valence-corrected chi connectivity index (χ3v) is 10.6. The number of nitrogens with one attached hydrogen (secondary N) is 2. The van der Waals surface area contributed by atoms with Crippen molar-refractivity contribution < 1.29 is 14.3 Å². The highest BCUT2D eigenvalue weighted by atomic mass is 35.5. The summed E-state index contributed by atoms with van der Waals surface area (Å²) < 4.78 is 11.6. The average Bonchev–Trinajstić information content (AvgIpc) is 3.80. The zero-order valence-corrected chi connectivity index (χ0v) is 28.0. The van der Waals surface area contributed by atoms with Crippen molar-refractivity contribution >= 4 is 40.4 Å². The van der Waals surface area contributed by atoms with Gasteiger partial charge in [-0.15, -0.1) is 0 Å². The third-order valence-electron chi connectivity index (χ3n) is 9.99. The number of fused-ring (bicyclic) bond motifs is 2. The molecule has 2 bridgehead atoms. The van der Waals surface area contributed by atoms with Crippen molar-refractivity contribution in [3.63, 3.8) is 0 Å². The fourth-order valence-corrected chi connectivity index (χ4v) is 7.79. The summed E-state index contributed by atoms with van der Waals surface area (Å²) in [5.74, 6) is 1.97. The number of halogens is 2. The summed E-state index contributed by atoms with van der Waals surface area (Å²) in [5.41, 5.74) is 6.67. The van der Waals surface area contributed by atoms with Crippen LogP contribution in [0.3, 0.4) is 0 Å². The molecular weight excluding hydrogens is 619 g/mol. The molecule has 46 heavy (non-hydrogen) atoms. The number of para-hydroxylation sites is 1. The van der Waals surface area contributed by atoms with Crippen LogP contribution in [-0.4, -0.2) is 68.8 Å². The van der Waals surface area contributed by atoms with Gasteiger partial charge in [0.15, 0.2) is 5.75 Å². The van der Waals surface area contributed by atoms with Crippen LogP contribution in [0.4, 0.5) is 5.69 Å². The number of benzene rings is 3. The summed E-state index contributed by atoms with van der Waals surface area (Å²) >= 11 is 12.6. The van der Waals surface area contributed by atoms with Gasteiger partial charge in [0.25, 0.3) is 5.91 Å². The first kappa shape index (κ1) is 31.4. The molecule has 1 aliphatic carbocycles. The summed E-state index contributed by atoms with van der Waals surface area (Å²) in [6.07, 6.45) is 3.98. The minimum atomic E-state index is -0.00621.